The van der Waals surface area contributed by atoms with E-state index < -0.39 is 13.0 Å². The van der Waals surface area contributed by atoms with E-state index in [4.69, 9.17) is 4.74 Å². The van der Waals surface area contributed by atoms with Crippen LogP contribution in [0.15, 0.2) is 0 Å². The molecule has 0 spiro atoms. The lowest BCUT2D eigenvalue weighted by Gasteiger charge is -2.39. The van der Waals surface area contributed by atoms with Crippen molar-refractivity contribution >= 4 is 0 Å². The van der Waals surface area contributed by atoms with Gasteiger partial charge in [0, 0.05) is 19.6 Å². The lowest BCUT2D eigenvalue weighted by Crippen LogP contribution is -2.53. The van der Waals surface area contributed by atoms with Crippen LogP contribution in [0, 0.1) is 5.92 Å². The van der Waals surface area contributed by atoms with E-state index in [0.717, 1.165) is 19.6 Å². The maximum atomic E-state index is 11.6. The average Bonchev–Trinajstić information content (AvgIpc) is 2.04. The smallest absolute Gasteiger partial charge is 0.373 e. The predicted octanol–water partition coefficient (Wildman–Crippen LogP) is 1.88. The molecule has 1 rings (SSSR count). The van der Waals surface area contributed by atoms with Gasteiger partial charge in [-0.3, -0.25) is 9.64 Å². The molecule has 0 aromatic heterocycles. The van der Waals surface area contributed by atoms with E-state index in [9.17, 15) is 13.2 Å². The highest BCUT2D eigenvalue weighted by Gasteiger charge is 2.30. The third kappa shape index (κ3) is 5.67. The van der Waals surface area contributed by atoms with Gasteiger partial charge in [-0.25, -0.2) is 0 Å². The molecule has 0 aromatic carbocycles. The molecule has 0 N–H and O–H groups in total. The molecule has 16 heavy (non-hydrogen) atoms. The highest BCUT2D eigenvalue weighted by atomic mass is 19.4. The van der Waals surface area contributed by atoms with Gasteiger partial charge < -0.3 is 4.74 Å². The molecule has 0 unspecified atom stereocenters. The summed E-state index contributed by atoms with van der Waals surface area (Å²) < 4.78 is 43.6. The summed E-state index contributed by atoms with van der Waals surface area (Å²) in [6.45, 7) is 6.47. The summed E-state index contributed by atoms with van der Waals surface area (Å²) in [6.07, 6.45) is -4.48. The summed E-state index contributed by atoms with van der Waals surface area (Å²) >= 11 is 0. The van der Waals surface area contributed by atoms with Crippen molar-refractivity contribution in [1.29, 1.82) is 0 Å². The van der Waals surface area contributed by atoms with Gasteiger partial charge in [-0.1, -0.05) is 13.8 Å². The fourth-order valence-corrected chi connectivity index (χ4v) is 1.67. The van der Waals surface area contributed by atoms with Crippen LogP contribution >= 0.6 is 0 Å². The van der Waals surface area contributed by atoms with E-state index >= 15 is 0 Å². The van der Waals surface area contributed by atoms with Gasteiger partial charge >= 0.3 is 6.36 Å². The Morgan fingerprint density at radius 2 is 1.88 bits per heavy atom. The summed E-state index contributed by atoms with van der Waals surface area (Å²) in [5, 5.41) is 0. The van der Waals surface area contributed by atoms with Crippen molar-refractivity contribution in [2.24, 2.45) is 5.92 Å². The molecule has 3 nitrogen and oxygen atoms in total. The molecule has 0 amide bonds. The molecular weight excluding hydrogens is 223 g/mol. The van der Waals surface area contributed by atoms with Crippen LogP contribution in [-0.2, 0) is 9.47 Å². The van der Waals surface area contributed by atoms with Crippen LogP contribution in [0.25, 0.3) is 0 Å². The molecule has 0 aliphatic carbocycles. The zero-order valence-electron chi connectivity index (χ0n) is 9.59. The molecule has 0 atom stereocenters. The first-order valence-corrected chi connectivity index (χ1v) is 5.41. The molecule has 6 heteroatoms. The summed E-state index contributed by atoms with van der Waals surface area (Å²) in [7, 11) is 0. The largest absolute Gasteiger partial charge is 0.522 e. The van der Waals surface area contributed by atoms with Gasteiger partial charge in [0.1, 0.15) is 0 Å². The quantitative estimate of drug-likeness (QED) is 0.663. The first-order chi connectivity index (χ1) is 7.37. The fraction of sp³-hybridized carbons (Fsp3) is 1.00. The summed E-state index contributed by atoms with van der Waals surface area (Å²) in [4.78, 5) is 2.22. The molecule has 1 fully saturated rings. The van der Waals surface area contributed by atoms with E-state index in [1.54, 1.807) is 0 Å². The molecule has 0 aromatic rings. The molecule has 96 valence electrons. The molecule has 1 aliphatic rings. The Balaban J connectivity index is 1.94. The zero-order chi connectivity index (χ0) is 12.2. The van der Waals surface area contributed by atoms with Crippen LogP contribution in [0.2, 0.25) is 0 Å². The number of hydrogen-bond acceptors (Lipinski definition) is 3. The number of likely N-dealkylation sites (tertiary alicyclic amines) is 1. The van der Waals surface area contributed by atoms with Crippen LogP contribution in [0.5, 0.6) is 0 Å². The number of alkyl halides is 3. The molecule has 1 saturated heterocycles. The first kappa shape index (κ1) is 13.7. The Morgan fingerprint density at radius 3 is 2.38 bits per heavy atom. The Morgan fingerprint density at radius 1 is 1.25 bits per heavy atom. The minimum atomic E-state index is -4.55. The lowest BCUT2D eigenvalue weighted by molar-refractivity contribution is -0.328. The van der Waals surface area contributed by atoms with Crippen molar-refractivity contribution in [1.82, 2.24) is 4.90 Å². The zero-order valence-corrected chi connectivity index (χ0v) is 9.59. The average molecular weight is 241 g/mol. The SMILES string of the molecule is CC(C)CN1CC(OCCOC(F)(F)F)C1. The van der Waals surface area contributed by atoms with Crippen LogP contribution in [-0.4, -0.2) is 50.2 Å². The van der Waals surface area contributed by atoms with E-state index in [0.29, 0.717) is 5.92 Å². The monoisotopic (exact) mass is 241 g/mol. The van der Waals surface area contributed by atoms with Gasteiger partial charge in [0.05, 0.1) is 19.3 Å². The molecule has 1 aliphatic heterocycles. The Kier molecular flexibility index (Phi) is 5.01. The van der Waals surface area contributed by atoms with E-state index in [2.05, 4.69) is 23.5 Å². The van der Waals surface area contributed by atoms with Crippen molar-refractivity contribution in [2.45, 2.75) is 26.3 Å². The molecule has 1 heterocycles. The molecule has 0 saturated carbocycles. The highest BCUT2D eigenvalue weighted by molar-refractivity contribution is 4.80. The predicted molar refractivity (Wildman–Crippen MR) is 53.0 cm³/mol. The van der Waals surface area contributed by atoms with Crippen LogP contribution < -0.4 is 0 Å². The van der Waals surface area contributed by atoms with Gasteiger partial charge in [0.15, 0.2) is 0 Å². The number of nitrogens with zero attached hydrogens (tertiary/aromatic N) is 1. The third-order valence-corrected chi connectivity index (χ3v) is 2.25. The van der Waals surface area contributed by atoms with Crippen molar-refractivity contribution in [3.8, 4) is 0 Å². The number of halogens is 3. The van der Waals surface area contributed by atoms with Gasteiger partial charge in [-0.05, 0) is 5.92 Å². The molecule has 0 bridgehead atoms. The standard InChI is InChI=1S/C10H18F3NO2/c1-8(2)5-14-6-9(7-14)15-3-4-16-10(11,12)13/h8-9H,3-7H2,1-2H3. The number of rotatable bonds is 6. The summed E-state index contributed by atoms with van der Waals surface area (Å²) in [5.74, 6) is 0.606. The lowest BCUT2D eigenvalue weighted by atomic mass is 10.1. The second-order valence-electron chi connectivity index (χ2n) is 4.40. The fourth-order valence-electron chi connectivity index (χ4n) is 1.67. The third-order valence-electron chi connectivity index (χ3n) is 2.25. The second kappa shape index (κ2) is 5.84. The van der Waals surface area contributed by atoms with Crippen LogP contribution in [0.4, 0.5) is 13.2 Å². The van der Waals surface area contributed by atoms with Crippen LogP contribution in [0.1, 0.15) is 13.8 Å². The Hall–Kier alpha value is -0.330. The van der Waals surface area contributed by atoms with Gasteiger partial charge in [0.2, 0.25) is 0 Å². The van der Waals surface area contributed by atoms with Crippen molar-refractivity contribution in [2.75, 3.05) is 32.8 Å². The molecule has 0 radical (unpaired) electrons. The van der Waals surface area contributed by atoms with Crippen molar-refractivity contribution in [3.63, 3.8) is 0 Å². The maximum absolute atomic E-state index is 11.6. The Bertz CT molecular complexity index is 203. The van der Waals surface area contributed by atoms with Crippen molar-refractivity contribution in [3.05, 3.63) is 0 Å². The van der Waals surface area contributed by atoms with Crippen molar-refractivity contribution < 1.29 is 22.6 Å². The normalized spacial score (nSPS) is 19.1. The summed E-state index contributed by atoms with van der Waals surface area (Å²) in [6, 6.07) is 0. The van der Waals surface area contributed by atoms with E-state index in [-0.39, 0.29) is 12.7 Å². The van der Waals surface area contributed by atoms with Gasteiger partial charge in [0.25, 0.3) is 0 Å². The number of hydrogen-bond donors (Lipinski definition) is 0. The van der Waals surface area contributed by atoms with Gasteiger partial charge in [-0.15, -0.1) is 13.2 Å². The van der Waals surface area contributed by atoms with Gasteiger partial charge in [-0.2, -0.15) is 0 Å². The minimum Gasteiger partial charge on any atom is -0.373 e. The topological polar surface area (TPSA) is 21.7 Å². The molecular formula is C10H18F3NO2. The van der Waals surface area contributed by atoms with E-state index in [1.165, 1.54) is 0 Å². The van der Waals surface area contributed by atoms with E-state index in [1.807, 2.05) is 0 Å². The highest BCUT2D eigenvalue weighted by Crippen LogP contribution is 2.17. The van der Waals surface area contributed by atoms with Crippen LogP contribution in [0.3, 0.4) is 0 Å². The summed E-state index contributed by atoms with van der Waals surface area (Å²) in [5.41, 5.74) is 0. The minimum absolute atomic E-state index is 0.000302. The maximum Gasteiger partial charge on any atom is 0.522 e. The second-order valence-corrected chi connectivity index (χ2v) is 4.40. The number of ether oxygens (including phenoxy) is 2. The Labute approximate surface area is 93.5 Å². The first-order valence-electron chi connectivity index (χ1n) is 5.41.